The maximum Gasteiger partial charge on any atom is 0.278 e. The average molecular weight is 363 g/mol. The lowest BCUT2D eigenvalue weighted by Gasteiger charge is -2.34. The molecule has 0 saturated carbocycles. The Morgan fingerprint density at radius 1 is 1.00 bits per heavy atom. The van der Waals surface area contributed by atoms with E-state index in [4.69, 9.17) is 0 Å². The van der Waals surface area contributed by atoms with Crippen molar-refractivity contribution in [1.82, 2.24) is 24.6 Å². The normalized spacial score (nSPS) is 15.0. The number of aromatic nitrogens is 3. The quantitative estimate of drug-likeness (QED) is 0.767. The van der Waals surface area contributed by atoms with Crippen molar-refractivity contribution in [1.29, 1.82) is 0 Å². The lowest BCUT2D eigenvalue weighted by atomic mass is 10.2. The maximum absolute atomic E-state index is 12.8. The van der Waals surface area contributed by atoms with Crippen LogP contribution >= 0.6 is 0 Å². The van der Waals surface area contributed by atoms with Gasteiger partial charge in [-0.05, 0) is 29.8 Å². The molecule has 3 aromatic rings. The summed E-state index contributed by atoms with van der Waals surface area (Å²) in [7, 11) is 0. The minimum Gasteiger partial charge on any atom is -0.504 e. The van der Waals surface area contributed by atoms with Crippen LogP contribution in [0.25, 0.3) is 5.69 Å². The highest BCUT2D eigenvalue weighted by molar-refractivity contribution is 5.95. The van der Waals surface area contributed by atoms with Crippen molar-refractivity contribution in [2.75, 3.05) is 26.2 Å². The molecule has 7 heteroatoms. The fourth-order valence-electron chi connectivity index (χ4n) is 3.24. The Bertz CT molecular complexity index is 903. The third-order valence-electron chi connectivity index (χ3n) is 4.73. The molecule has 1 amide bonds. The van der Waals surface area contributed by atoms with Crippen molar-refractivity contribution in [2.45, 2.75) is 6.54 Å². The first-order valence-electron chi connectivity index (χ1n) is 8.95. The molecule has 1 fully saturated rings. The van der Waals surface area contributed by atoms with Gasteiger partial charge in [0.05, 0.1) is 11.9 Å². The molecular weight excluding hydrogens is 342 g/mol. The minimum atomic E-state index is -0.231. The highest BCUT2D eigenvalue weighted by Gasteiger charge is 2.26. The SMILES string of the molecule is O=C(c1nn(-c2ccccc2)cc1O)N1CCN(Cc2ccncc2)CC1. The fraction of sp³-hybridized carbons (Fsp3) is 0.250. The summed E-state index contributed by atoms with van der Waals surface area (Å²) in [6.45, 7) is 3.64. The summed E-state index contributed by atoms with van der Waals surface area (Å²) in [4.78, 5) is 20.9. The van der Waals surface area contributed by atoms with Gasteiger partial charge in [-0.15, -0.1) is 0 Å². The van der Waals surface area contributed by atoms with Crippen molar-refractivity contribution >= 4 is 5.91 Å². The van der Waals surface area contributed by atoms with Crippen molar-refractivity contribution in [3.05, 3.63) is 72.3 Å². The molecule has 0 unspecified atom stereocenters. The number of aromatic hydroxyl groups is 1. The smallest absolute Gasteiger partial charge is 0.278 e. The Morgan fingerprint density at radius 2 is 1.70 bits per heavy atom. The van der Waals surface area contributed by atoms with Crippen molar-refractivity contribution in [3.8, 4) is 11.4 Å². The predicted molar refractivity (Wildman–Crippen MR) is 101 cm³/mol. The molecule has 0 spiro atoms. The molecule has 1 aliphatic heterocycles. The molecule has 27 heavy (non-hydrogen) atoms. The van der Waals surface area contributed by atoms with Crippen LogP contribution < -0.4 is 0 Å². The van der Waals surface area contributed by atoms with Gasteiger partial charge in [-0.1, -0.05) is 18.2 Å². The second kappa shape index (κ2) is 7.59. The summed E-state index contributed by atoms with van der Waals surface area (Å²) in [5.74, 6) is -0.325. The van der Waals surface area contributed by atoms with Crippen LogP contribution in [0.15, 0.2) is 61.1 Å². The van der Waals surface area contributed by atoms with E-state index in [9.17, 15) is 9.90 Å². The summed E-state index contributed by atoms with van der Waals surface area (Å²) >= 11 is 0. The number of pyridine rings is 1. The van der Waals surface area contributed by atoms with Crippen LogP contribution in [-0.2, 0) is 6.54 Å². The van der Waals surface area contributed by atoms with Gasteiger partial charge in [-0.3, -0.25) is 14.7 Å². The van der Waals surface area contributed by atoms with E-state index in [0.29, 0.717) is 13.1 Å². The zero-order valence-corrected chi connectivity index (χ0v) is 14.9. The molecule has 0 atom stereocenters. The third-order valence-corrected chi connectivity index (χ3v) is 4.73. The van der Waals surface area contributed by atoms with E-state index in [2.05, 4.69) is 15.0 Å². The number of rotatable bonds is 4. The molecule has 1 aromatic carbocycles. The lowest BCUT2D eigenvalue weighted by Crippen LogP contribution is -2.48. The van der Waals surface area contributed by atoms with Crippen molar-refractivity contribution in [2.24, 2.45) is 0 Å². The van der Waals surface area contributed by atoms with Gasteiger partial charge in [-0.25, -0.2) is 4.68 Å². The van der Waals surface area contributed by atoms with Crippen molar-refractivity contribution in [3.63, 3.8) is 0 Å². The Labute approximate surface area is 157 Å². The first-order valence-corrected chi connectivity index (χ1v) is 8.95. The molecule has 0 bridgehead atoms. The molecule has 4 rings (SSSR count). The van der Waals surface area contributed by atoms with Crippen molar-refractivity contribution < 1.29 is 9.90 Å². The van der Waals surface area contributed by atoms with E-state index in [1.165, 1.54) is 16.4 Å². The Balaban J connectivity index is 1.40. The maximum atomic E-state index is 12.8. The summed E-state index contributed by atoms with van der Waals surface area (Å²) < 4.78 is 1.53. The molecule has 3 heterocycles. The van der Waals surface area contributed by atoms with Crippen LogP contribution in [0.5, 0.6) is 5.75 Å². The molecule has 1 saturated heterocycles. The first kappa shape index (κ1) is 17.2. The van der Waals surface area contributed by atoms with E-state index in [1.807, 2.05) is 42.5 Å². The zero-order valence-electron chi connectivity index (χ0n) is 14.9. The Morgan fingerprint density at radius 3 is 2.41 bits per heavy atom. The van der Waals surface area contributed by atoms with Crippen LogP contribution in [0, 0.1) is 0 Å². The number of carbonyl (C=O) groups excluding carboxylic acids is 1. The van der Waals surface area contributed by atoms with E-state index in [0.717, 1.165) is 25.3 Å². The number of piperazine rings is 1. The van der Waals surface area contributed by atoms with Gasteiger partial charge < -0.3 is 10.0 Å². The van der Waals surface area contributed by atoms with Crippen LogP contribution in [0.3, 0.4) is 0 Å². The topological polar surface area (TPSA) is 74.5 Å². The van der Waals surface area contributed by atoms with Gasteiger partial charge in [0.1, 0.15) is 0 Å². The summed E-state index contributed by atoms with van der Waals surface area (Å²) in [6, 6.07) is 13.4. The van der Waals surface area contributed by atoms with Gasteiger partial charge in [-0.2, -0.15) is 5.10 Å². The second-order valence-corrected chi connectivity index (χ2v) is 6.57. The number of benzene rings is 1. The highest BCUT2D eigenvalue weighted by Crippen LogP contribution is 2.20. The third kappa shape index (κ3) is 3.83. The standard InChI is InChI=1S/C20H21N5O2/c26-18-15-25(17-4-2-1-3-5-17)22-19(18)20(27)24-12-10-23(11-13-24)14-16-6-8-21-9-7-16/h1-9,15,26H,10-14H2. The monoisotopic (exact) mass is 363 g/mol. The van der Waals surface area contributed by atoms with E-state index in [-0.39, 0.29) is 17.4 Å². The summed E-state index contributed by atoms with van der Waals surface area (Å²) in [5, 5.41) is 14.5. The molecule has 7 nitrogen and oxygen atoms in total. The fourth-order valence-corrected chi connectivity index (χ4v) is 3.24. The highest BCUT2D eigenvalue weighted by atomic mass is 16.3. The van der Waals surface area contributed by atoms with E-state index >= 15 is 0 Å². The molecule has 2 aromatic heterocycles. The van der Waals surface area contributed by atoms with Gasteiger partial charge in [0, 0.05) is 45.1 Å². The molecule has 138 valence electrons. The second-order valence-electron chi connectivity index (χ2n) is 6.57. The molecular formula is C20H21N5O2. The number of amides is 1. The first-order chi connectivity index (χ1) is 13.2. The van der Waals surface area contributed by atoms with Crippen LogP contribution in [-0.4, -0.2) is 61.8 Å². The lowest BCUT2D eigenvalue weighted by molar-refractivity contribution is 0.0619. The Hall–Kier alpha value is -3.19. The largest absolute Gasteiger partial charge is 0.504 e. The average Bonchev–Trinajstić information content (AvgIpc) is 3.11. The molecule has 0 radical (unpaired) electrons. The molecule has 0 aliphatic carbocycles. The summed E-state index contributed by atoms with van der Waals surface area (Å²) in [5.41, 5.74) is 2.11. The number of hydrogen-bond acceptors (Lipinski definition) is 5. The van der Waals surface area contributed by atoms with Gasteiger partial charge in [0.15, 0.2) is 11.4 Å². The van der Waals surface area contributed by atoms with Gasteiger partial charge >= 0.3 is 0 Å². The number of nitrogens with zero attached hydrogens (tertiary/aromatic N) is 5. The van der Waals surface area contributed by atoms with Crippen LogP contribution in [0.1, 0.15) is 16.1 Å². The molecule has 1 N–H and O–H groups in total. The van der Waals surface area contributed by atoms with Gasteiger partial charge in [0.25, 0.3) is 5.91 Å². The predicted octanol–water partition coefficient (Wildman–Crippen LogP) is 1.93. The van der Waals surface area contributed by atoms with Crippen LogP contribution in [0.4, 0.5) is 0 Å². The zero-order chi connectivity index (χ0) is 18.6. The van der Waals surface area contributed by atoms with Crippen LogP contribution in [0.2, 0.25) is 0 Å². The Kier molecular flexibility index (Phi) is 4.84. The van der Waals surface area contributed by atoms with E-state index < -0.39 is 0 Å². The number of para-hydroxylation sites is 1. The minimum absolute atomic E-state index is 0.0944. The molecule has 1 aliphatic rings. The van der Waals surface area contributed by atoms with Gasteiger partial charge in [0.2, 0.25) is 0 Å². The van der Waals surface area contributed by atoms with E-state index in [1.54, 1.807) is 17.3 Å². The number of hydrogen-bond donors (Lipinski definition) is 1. The summed E-state index contributed by atoms with van der Waals surface area (Å²) in [6.07, 6.45) is 5.06. The number of carbonyl (C=O) groups is 1.